The van der Waals surface area contributed by atoms with Crippen LogP contribution in [0.25, 0.3) is 28.9 Å². The molecule has 326 valence electrons. The first-order chi connectivity index (χ1) is 32.6. The predicted molar refractivity (Wildman–Crippen MR) is 279 cm³/mol. The Kier molecular flexibility index (Phi) is 8.59. The molecule has 7 aromatic carbocycles. The first-order valence-corrected chi connectivity index (χ1v) is 23.9. The highest BCUT2D eigenvalue weighted by molar-refractivity contribution is 6.02. The van der Waals surface area contributed by atoms with Gasteiger partial charge in [0.25, 0.3) is 0 Å². The van der Waals surface area contributed by atoms with Crippen LogP contribution >= 0.6 is 0 Å². The van der Waals surface area contributed by atoms with E-state index in [2.05, 4.69) is 244 Å². The average Bonchev–Trinajstić information content (AvgIpc) is 3.71. The van der Waals surface area contributed by atoms with E-state index in [0.717, 1.165) is 42.1 Å². The van der Waals surface area contributed by atoms with E-state index < -0.39 is 0 Å². The van der Waals surface area contributed by atoms with Crippen molar-refractivity contribution in [1.29, 1.82) is 0 Å². The number of allylic oxidation sites excluding steroid dienone is 5. The molecule has 2 heterocycles. The first kappa shape index (κ1) is 39.8. The van der Waals surface area contributed by atoms with Crippen LogP contribution in [0.1, 0.15) is 87.3 Å². The van der Waals surface area contributed by atoms with Crippen LogP contribution in [0.2, 0.25) is 0 Å². The molecule has 1 unspecified atom stereocenters. The summed E-state index contributed by atoms with van der Waals surface area (Å²) in [5.74, 6) is 2.03. The number of hydrogen-bond acceptors (Lipinski definition) is 4. The zero-order valence-corrected chi connectivity index (χ0v) is 38.8. The summed E-state index contributed by atoms with van der Waals surface area (Å²) in [4.78, 5) is 7.38. The second-order valence-electron chi connectivity index (χ2n) is 20.3. The third-order valence-electron chi connectivity index (χ3n) is 15.6. The van der Waals surface area contributed by atoms with E-state index in [-0.39, 0.29) is 16.4 Å². The third kappa shape index (κ3) is 5.91. The summed E-state index contributed by atoms with van der Waals surface area (Å²) in [6, 6.07) is 58.0. The summed E-state index contributed by atoms with van der Waals surface area (Å²) < 4.78 is 6.49. The monoisotopic (exact) mass is 867 g/mol. The second kappa shape index (κ2) is 14.5. The zero-order valence-electron chi connectivity index (χ0n) is 38.8. The zero-order chi connectivity index (χ0) is 45.2. The van der Waals surface area contributed by atoms with E-state index in [1.54, 1.807) is 0 Å². The van der Waals surface area contributed by atoms with Gasteiger partial charge in [-0.2, -0.15) is 0 Å². The molecule has 0 saturated carbocycles. The van der Waals surface area contributed by atoms with Crippen LogP contribution in [0, 0.1) is 0 Å². The summed E-state index contributed by atoms with van der Waals surface area (Å²) in [6.45, 7) is 12.0. The molecule has 7 aromatic rings. The Morgan fingerprint density at radius 2 is 1.06 bits per heavy atom. The van der Waals surface area contributed by atoms with E-state index >= 15 is 0 Å². The molecule has 0 saturated heterocycles. The molecule has 1 atom stereocenters. The topological polar surface area (TPSA) is 19.0 Å². The number of benzene rings is 7. The standard InChI is InChI=1S/C63H53N3O/c1-61(2)49-37-41(29-32-45(49)47-34-31-44(39-51(47)61)65-55-21-11-9-19-53(55)64(43-17-7-6-8-18-43)54-20-10-12-22-56(54)65)27-28-42-30-33-46-48-35-36-63(5,40-52(48)62(3,4)50(46)38-42)66-57-23-13-15-25-59(57)67-60-26-16-14-24-58(60)66/h6-15,17-25,27-39H,16,26,40H2,1-5H3/b28-27+. The second-order valence-corrected chi connectivity index (χ2v) is 20.3. The molecule has 0 bridgehead atoms. The first-order valence-electron chi connectivity index (χ1n) is 23.9. The minimum atomic E-state index is -0.250. The molecule has 2 aliphatic heterocycles. The van der Waals surface area contributed by atoms with Crippen LogP contribution in [-0.2, 0) is 10.8 Å². The number of rotatable bonds is 5. The predicted octanol–water partition coefficient (Wildman–Crippen LogP) is 16.6. The van der Waals surface area contributed by atoms with E-state index in [1.807, 2.05) is 0 Å². The average molecular weight is 868 g/mol. The number of para-hydroxylation sites is 7. The molecule has 0 fully saturated rings. The quantitative estimate of drug-likeness (QED) is 0.160. The molecular weight excluding hydrogens is 815 g/mol. The summed E-state index contributed by atoms with van der Waals surface area (Å²) in [5, 5.41) is 0. The largest absolute Gasteiger partial charge is 0.457 e. The van der Waals surface area contributed by atoms with Crippen LogP contribution in [0.4, 0.5) is 39.8 Å². The maximum absolute atomic E-state index is 6.49. The molecule has 67 heavy (non-hydrogen) atoms. The third-order valence-corrected chi connectivity index (χ3v) is 15.6. The Morgan fingerprint density at radius 1 is 0.507 bits per heavy atom. The van der Waals surface area contributed by atoms with Crippen molar-refractivity contribution in [2.75, 3.05) is 14.7 Å². The lowest BCUT2D eigenvalue weighted by Crippen LogP contribution is -2.48. The molecular formula is C63H53N3O. The van der Waals surface area contributed by atoms with Crippen molar-refractivity contribution < 1.29 is 4.74 Å². The summed E-state index contributed by atoms with van der Waals surface area (Å²) in [7, 11) is 0. The molecule has 0 spiro atoms. The molecule has 0 amide bonds. The van der Waals surface area contributed by atoms with E-state index in [4.69, 9.17) is 4.74 Å². The van der Waals surface area contributed by atoms with Crippen molar-refractivity contribution in [3.05, 3.63) is 232 Å². The summed E-state index contributed by atoms with van der Waals surface area (Å²) in [6.07, 6.45) is 16.9. The maximum atomic E-state index is 6.49. The summed E-state index contributed by atoms with van der Waals surface area (Å²) >= 11 is 0. The molecule has 13 rings (SSSR count). The Bertz CT molecular complexity index is 3350. The highest BCUT2D eigenvalue weighted by atomic mass is 16.5. The van der Waals surface area contributed by atoms with Gasteiger partial charge in [0.1, 0.15) is 5.76 Å². The Hall–Kier alpha value is -7.56. The van der Waals surface area contributed by atoms with Crippen molar-refractivity contribution >= 4 is 57.5 Å². The lowest BCUT2D eigenvalue weighted by molar-refractivity contribution is 0.370. The number of fused-ring (bicyclic) bond motifs is 8. The maximum Gasteiger partial charge on any atom is 0.150 e. The highest BCUT2D eigenvalue weighted by Gasteiger charge is 2.46. The van der Waals surface area contributed by atoms with Gasteiger partial charge >= 0.3 is 0 Å². The SMILES string of the molecule is CC1(C)C2=C(C=CC(C)(N3C4=C(CCC=C4)Oc4ccccc43)C2)c2ccc(/C=C/c3ccc4c(c3)C(C)(C)c3cc(N5c6ccccc6N(c6ccccc6)c6ccccc65)ccc3-4)cc21. The molecule has 4 nitrogen and oxygen atoms in total. The number of nitrogens with zero attached hydrogens (tertiary/aromatic N) is 3. The van der Waals surface area contributed by atoms with Gasteiger partial charge in [0.15, 0.2) is 5.75 Å². The highest BCUT2D eigenvalue weighted by Crippen LogP contribution is 2.58. The van der Waals surface area contributed by atoms with Crippen LogP contribution in [0.15, 0.2) is 199 Å². The number of anilines is 7. The van der Waals surface area contributed by atoms with Crippen LogP contribution in [0.3, 0.4) is 0 Å². The normalized spacial score (nSPS) is 19.9. The molecule has 0 aromatic heterocycles. The Labute approximate surface area is 394 Å². The van der Waals surface area contributed by atoms with Crippen molar-refractivity contribution in [3.63, 3.8) is 0 Å². The molecule has 4 heteroatoms. The van der Waals surface area contributed by atoms with E-state index in [9.17, 15) is 0 Å². The lowest BCUT2D eigenvalue weighted by atomic mass is 9.73. The van der Waals surface area contributed by atoms with E-state index in [0.29, 0.717) is 0 Å². The fourth-order valence-corrected chi connectivity index (χ4v) is 12.1. The van der Waals surface area contributed by atoms with Gasteiger partial charge in [-0.1, -0.05) is 155 Å². The van der Waals surface area contributed by atoms with Gasteiger partial charge in [-0.05, 0) is 142 Å². The van der Waals surface area contributed by atoms with Crippen LogP contribution in [0.5, 0.6) is 5.75 Å². The van der Waals surface area contributed by atoms with Crippen molar-refractivity contribution in [2.24, 2.45) is 0 Å². The van der Waals surface area contributed by atoms with Crippen molar-refractivity contribution in [2.45, 2.75) is 70.3 Å². The fraction of sp³-hybridized carbons (Fsp3) is 0.175. The number of hydrogen-bond donors (Lipinski definition) is 0. The smallest absolute Gasteiger partial charge is 0.150 e. The van der Waals surface area contributed by atoms with Gasteiger partial charge < -0.3 is 19.4 Å². The molecule has 4 aliphatic carbocycles. The van der Waals surface area contributed by atoms with Gasteiger partial charge in [-0.3, -0.25) is 0 Å². The Balaban J connectivity index is 0.786. The van der Waals surface area contributed by atoms with E-state index in [1.165, 1.54) is 89.8 Å². The van der Waals surface area contributed by atoms with Gasteiger partial charge in [0, 0.05) is 28.6 Å². The molecule has 0 N–H and O–H groups in total. The van der Waals surface area contributed by atoms with Gasteiger partial charge in [0.2, 0.25) is 0 Å². The fourth-order valence-electron chi connectivity index (χ4n) is 12.1. The Morgan fingerprint density at radius 3 is 1.73 bits per heavy atom. The van der Waals surface area contributed by atoms with Crippen molar-refractivity contribution in [1.82, 2.24) is 0 Å². The van der Waals surface area contributed by atoms with Crippen LogP contribution in [-0.4, -0.2) is 5.54 Å². The molecule has 0 radical (unpaired) electrons. The van der Waals surface area contributed by atoms with Crippen LogP contribution < -0.4 is 19.4 Å². The minimum Gasteiger partial charge on any atom is -0.457 e. The van der Waals surface area contributed by atoms with Crippen molar-refractivity contribution in [3.8, 4) is 16.9 Å². The summed E-state index contributed by atoms with van der Waals surface area (Å²) in [5.41, 5.74) is 22.2. The minimum absolute atomic E-state index is 0.117. The van der Waals surface area contributed by atoms with Gasteiger partial charge in [-0.25, -0.2) is 0 Å². The number of ether oxygens (including phenoxy) is 1. The van der Waals surface area contributed by atoms with Gasteiger partial charge in [-0.15, -0.1) is 0 Å². The van der Waals surface area contributed by atoms with Gasteiger partial charge in [0.05, 0.1) is 39.7 Å². The molecule has 6 aliphatic rings. The lowest BCUT2D eigenvalue weighted by Gasteiger charge is -2.48.